The second-order valence-electron chi connectivity index (χ2n) is 6.57. The van der Waals surface area contributed by atoms with Crippen molar-refractivity contribution in [2.24, 2.45) is 5.92 Å². The molecule has 0 aliphatic heterocycles. The molecule has 1 aromatic heterocycles. The standard InChI is InChI=1S/C20H29NO.Al/c1-4-6-8-16(5-2)11-10-15(3)18-13-12-17-9-7-14-21-19(17)20(18)22;/h7,9,12-16,22H,4-6,8,10-11H2,1-3H3;/q;+1/p-1. The number of rotatable bonds is 9. The van der Waals surface area contributed by atoms with Crippen LogP contribution in [0.2, 0.25) is 0 Å². The highest BCUT2D eigenvalue weighted by molar-refractivity contribution is 6.02. The van der Waals surface area contributed by atoms with Crippen LogP contribution in [0.25, 0.3) is 10.9 Å². The van der Waals surface area contributed by atoms with Gasteiger partial charge in [0.05, 0.1) is 0 Å². The molecule has 122 valence electrons. The van der Waals surface area contributed by atoms with Gasteiger partial charge in [0.15, 0.2) is 0 Å². The van der Waals surface area contributed by atoms with Crippen LogP contribution in [0.15, 0.2) is 30.5 Å². The van der Waals surface area contributed by atoms with E-state index in [-0.39, 0.29) is 0 Å². The van der Waals surface area contributed by atoms with E-state index in [1.54, 1.807) is 0 Å². The molecule has 0 bridgehead atoms. The number of unbranched alkanes of at least 4 members (excludes halogenated alkanes) is 1. The van der Waals surface area contributed by atoms with Crippen LogP contribution in [0.1, 0.15) is 70.8 Å². The maximum Gasteiger partial charge on any atom is 0.482 e. The van der Waals surface area contributed by atoms with Gasteiger partial charge in [-0.2, -0.15) is 0 Å². The maximum atomic E-state index is 5.63. The summed E-state index contributed by atoms with van der Waals surface area (Å²) in [7, 11) is 0. The third-order valence-electron chi connectivity index (χ3n) is 4.96. The first kappa shape index (κ1) is 18.3. The molecule has 2 nitrogen and oxygen atoms in total. The van der Waals surface area contributed by atoms with Crippen LogP contribution in [0.4, 0.5) is 0 Å². The van der Waals surface area contributed by atoms with E-state index < -0.39 is 0 Å². The molecule has 0 aliphatic carbocycles. The van der Waals surface area contributed by atoms with Crippen molar-refractivity contribution in [3.63, 3.8) is 0 Å². The SMILES string of the molecule is CCCCC(CC)CCC(C)c1ccc2cccnc2c1[O][Al]. The smallest absolute Gasteiger partial charge is 0.482 e. The first-order valence-electron chi connectivity index (χ1n) is 8.95. The zero-order valence-corrected chi connectivity index (χ0v) is 15.9. The average molecular weight is 325 g/mol. The van der Waals surface area contributed by atoms with Gasteiger partial charge in [0.1, 0.15) is 11.3 Å². The van der Waals surface area contributed by atoms with E-state index >= 15 is 0 Å². The van der Waals surface area contributed by atoms with Gasteiger partial charge >= 0.3 is 16.6 Å². The highest BCUT2D eigenvalue weighted by Gasteiger charge is 2.16. The van der Waals surface area contributed by atoms with Gasteiger partial charge in [-0.15, -0.1) is 0 Å². The lowest BCUT2D eigenvalue weighted by atomic mass is 9.87. The number of nitrogens with zero attached hydrogens (tertiary/aromatic N) is 1. The summed E-state index contributed by atoms with van der Waals surface area (Å²) in [5, 5.41) is 1.13. The molecule has 2 rings (SSSR count). The van der Waals surface area contributed by atoms with Gasteiger partial charge < -0.3 is 3.79 Å². The van der Waals surface area contributed by atoms with Crippen LogP contribution < -0.4 is 3.79 Å². The summed E-state index contributed by atoms with van der Waals surface area (Å²) < 4.78 is 5.63. The molecule has 0 N–H and O–H groups in total. The maximum absolute atomic E-state index is 5.63. The summed E-state index contributed by atoms with van der Waals surface area (Å²) in [6.45, 7) is 6.91. The molecule has 1 heterocycles. The van der Waals surface area contributed by atoms with Crippen molar-refractivity contribution >= 4 is 27.5 Å². The monoisotopic (exact) mass is 325 g/mol. The summed E-state index contributed by atoms with van der Waals surface area (Å²) >= 11 is 2.39. The number of hydrogen-bond donors (Lipinski definition) is 0. The van der Waals surface area contributed by atoms with E-state index in [2.05, 4.69) is 60.6 Å². The molecule has 2 unspecified atom stereocenters. The van der Waals surface area contributed by atoms with Crippen LogP contribution in [0, 0.1) is 5.92 Å². The van der Waals surface area contributed by atoms with Crippen molar-refractivity contribution in [2.45, 2.75) is 65.2 Å². The van der Waals surface area contributed by atoms with Crippen LogP contribution in [-0.2, 0) is 0 Å². The van der Waals surface area contributed by atoms with Crippen LogP contribution >= 0.6 is 0 Å². The molecule has 0 amide bonds. The van der Waals surface area contributed by atoms with E-state index in [1.165, 1.54) is 44.1 Å². The number of fused-ring (bicyclic) bond motifs is 1. The fourth-order valence-corrected chi connectivity index (χ4v) is 3.58. The molecule has 2 atom stereocenters. The van der Waals surface area contributed by atoms with Crippen molar-refractivity contribution in [1.82, 2.24) is 4.98 Å². The molecule has 0 fully saturated rings. The van der Waals surface area contributed by atoms with E-state index in [0.717, 1.165) is 22.6 Å². The number of hydrogen-bond acceptors (Lipinski definition) is 2. The molecular weight excluding hydrogens is 297 g/mol. The second-order valence-corrected chi connectivity index (χ2v) is 6.81. The lowest BCUT2D eigenvalue weighted by Gasteiger charge is -2.21. The van der Waals surface area contributed by atoms with Gasteiger partial charge in [-0.25, -0.2) is 0 Å². The van der Waals surface area contributed by atoms with Crippen molar-refractivity contribution < 1.29 is 3.79 Å². The summed E-state index contributed by atoms with van der Waals surface area (Å²) in [4.78, 5) is 4.51. The van der Waals surface area contributed by atoms with Crippen molar-refractivity contribution in [3.8, 4) is 5.75 Å². The molecule has 23 heavy (non-hydrogen) atoms. The largest absolute Gasteiger partial charge is 0.652 e. The van der Waals surface area contributed by atoms with Gasteiger partial charge in [0.25, 0.3) is 0 Å². The molecule has 0 saturated carbocycles. The van der Waals surface area contributed by atoms with Crippen molar-refractivity contribution in [1.29, 1.82) is 0 Å². The highest BCUT2D eigenvalue weighted by atomic mass is 27.1. The molecule has 3 heteroatoms. The van der Waals surface area contributed by atoms with Gasteiger partial charge in [-0.3, -0.25) is 4.98 Å². The minimum absolute atomic E-state index is 0.493. The zero-order valence-electron chi connectivity index (χ0n) is 14.7. The lowest BCUT2D eigenvalue weighted by molar-refractivity contribution is 0.395. The Bertz CT molecular complexity index is 614. The van der Waals surface area contributed by atoms with Crippen LogP contribution in [0.3, 0.4) is 0 Å². The minimum atomic E-state index is 0.493. The van der Waals surface area contributed by atoms with Crippen LogP contribution in [0.5, 0.6) is 5.75 Å². The Balaban J connectivity index is 2.12. The predicted molar refractivity (Wildman–Crippen MR) is 99.1 cm³/mol. The number of benzene rings is 1. The van der Waals surface area contributed by atoms with Gasteiger partial charge in [-0.1, -0.05) is 64.7 Å². The Morgan fingerprint density at radius 1 is 1.13 bits per heavy atom. The minimum Gasteiger partial charge on any atom is -0.652 e. The van der Waals surface area contributed by atoms with Crippen LogP contribution in [-0.4, -0.2) is 21.6 Å². The van der Waals surface area contributed by atoms with Gasteiger partial charge in [0.2, 0.25) is 0 Å². The van der Waals surface area contributed by atoms with E-state index in [1.807, 2.05) is 12.3 Å². The van der Waals surface area contributed by atoms with E-state index in [0.29, 0.717) is 5.92 Å². The normalized spacial score (nSPS) is 13.9. The Morgan fingerprint density at radius 2 is 1.96 bits per heavy atom. The second kappa shape index (κ2) is 9.30. The Labute approximate surface area is 149 Å². The fraction of sp³-hybridized carbons (Fsp3) is 0.550. The zero-order chi connectivity index (χ0) is 16.7. The van der Waals surface area contributed by atoms with Gasteiger partial charge in [-0.05, 0) is 36.3 Å². The third kappa shape index (κ3) is 4.72. The fourth-order valence-electron chi connectivity index (χ4n) is 3.33. The molecule has 0 saturated heterocycles. The Kier molecular flexibility index (Phi) is 7.40. The predicted octanol–water partition coefficient (Wildman–Crippen LogP) is 5.80. The molecular formula is C20H28AlNO. The first-order chi connectivity index (χ1) is 11.2. The molecule has 2 radical (unpaired) electrons. The lowest BCUT2D eigenvalue weighted by Crippen LogP contribution is -2.04. The third-order valence-corrected chi connectivity index (χ3v) is 5.19. The summed E-state index contributed by atoms with van der Waals surface area (Å²) in [5.74, 6) is 2.27. The first-order valence-corrected chi connectivity index (χ1v) is 9.42. The summed E-state index contributed by atoms with van der Waals surface area (Å²) in [6.07, 6.45) is 9.66. The number of pyridine rings is 1. The molecule has 0 aliphatic rings. The molecule has 2 aromatic rings. The number of aromatic nitrogens is 1. The molecule has 1 aromatic carbocycles. The average Bonchev–Trinajstić information content (AvgIpc) is 2.60. The quantitative estimate of drug-likeness (QED) is 0.544. The van der Waals surface area contributed by atoms with Crippen molar-refractivity contribution in [3.05, 3.63) is 36.0 Å². The van der Waals surface area contributed by atoms with E-state index in [9.17, 15) is 0 Å². The Hall–Kier alpha value is -1.04. The summed E-state index contributed by atoms with van der Waals surface area (Å²) in [6, 6.07) is 8.43. The van der Waals surface area contributed by atoms with Crippen molar-refractivity contribution in [2.75, 3.05) is 0 Å². The summed E-state index contributed by atoms with van der Waals surface area (Å²) in [5.41, 5.74) is 2.24. The molecule has 0 spiro atoms. The van der Waals surface area contributed by atoms with E-state index in [4.69, 9.17) is 3.79 Å². The highest BCUT2D eigenvalue weighted by Crippen LogP contribution is 2.36. The Morgan fingerprint density at radius 3 is 2.65 bits per heavy atom. The topological polar surface area (TPSA) is 22.1 Å². The van der Waals surface area contributed by atoms with Gasteiger partial charge in [0, 0.05) is 11.6 Å².